The van der Waals surface area contributed by atoms with Crippen molar-refractivity contribution >= 4 is 65.0 Å². The number of benzene rings is 10. The molecule has 0 bridgehead atoms. The van der Waals surface area contributed by atoms with E-state index in [-0.39, 0.29) is 0 Å². The maximum Gasteiger partial charge on any atom is 0.227 e. The van der Waals surface area contributed by atoms with Crippen LogP contribution in [-0.2, 0) is 0 Å². The molecule has 274 valence electrons. The van der Waals surface area contributed by atoms with Crippen LogP contribution in [0.1, 0.15) is 0 Å². The largest absolute Gasteiger partial charge is 0.435 e. The van der Waals surface area contributed by atoms with Gasteiger partial charge < -0.3 is 4.42 Å². The molecule has 0 unspecified atom stereocenters. The van der Waals surface area contributed by atoms with E-state index < -0.39 is 0 Å². The molecule has 0 aliphatic heterocycles. The average Bonchev–Trinajstić information content (AvgIpc) is 3.76. The van der Waals surface area contributed by atoms with Crippen molar-refractivity contribution in [2.45, 2.75) is 0 Å². The lowest BCUT2D eigenvalue weighted by molar-refractivity contribution is 0.623. The summed E-state index contributed by atoms with van der Waals surface area (Å²) in [4.78, 5) is 20.8. The van der Waals surface area contributed by atoms with Gasteiger partial charge in [0.15, 0.2) is 23.1 Å². The van der Waals surface area contributed by atoms with Gasteiger partial charge in [-0.2, -0.15) is 0 Å². The molecule has 0 spiro atoms. The summed E-state index contributed by atoms with van der Waals surface area (Å²) in [5.41, 5.74) is 7.48. The zero-order valence-electron chi connectivity index (χ0n) is 31.7. The second-order valence-electron chi connectivity index (χ2n) is 15.0. The minimum Gasteiger partial charge on any atom is -0.435 e. The van der Waals surface area contributed by atoms with Crippen molar-refractivity contribution in [3.05, 3.63) is 194 Å². The van der Waals surface area contributed by atoms with E-state index in [0.717, 1.165) is 87.6 Å². The Kier molecular flexibility index (Phi) is 7.47. The van der Waals surface area contributed by atoms with Crippen molar-refractivity contribution in [3.8, 4) is 56.7 Å². The molecule has 0 aliphatic carbocycles. The highest BCUT2D eigenvalue weighted by Crippen LogP contribution is 2.42. The fourth-order valence-corrected chi connectivity index (χ4v) is 8.56. The van der Waals surface area contributed by atoms with E-state index in [1.165, 1.54) is 10.8 Å². The molecular formula is C54H32N4O. The van der Waals surface area contributed by atoms with E-state index in [9.17, 15) is 0 Å². The van der Waals surface area contributed by atoms with Gasteiger partial charge in [0.05, 0.1) is 0 Å². The molecule has 0 fully saturated rings. The topological polar surface area (TPSA) is 64.7 Å². The predicted molar refractivity (Wildman–Crippen MR) is 242 cm³/mol. The molecule has 5 heteroatoms. The van der Waals surface area contributed by atoms with Gasteiger partial charge in [0, 0.05) is 33.0 Å². The molecule has 5 nitrogen and oxygen atoms in total. The summed E-state index contributed by atoms with van der Waals surface area (Å²) in [6.45, 7) is 0. The lowest BCUT2D eigenvalue weighted by Gasteiger charge is -2.14. The average molecular weight is 753 g/mol. The van der Waals surface area contributed by atoms with Crippen LogP contribution in [-0.4, -0.2) is 19.9 Å². The zero-order chi connectivity index (χ0) is 38.9. The van der Waals surface area contributed by atoms with Crippen LogP contribution in [0.3, 0.4) is 0 Å². The Labute approximate surface area is 338 Å². The van der Waals surface area contributed by atoms with Gasteiger partial charge in [-0.1, -0.05) is 152 Å². The molecule has 0 amide bonds. The molecule has 2 heterocycles. The summed E-state index contributed by atoms with van der Waals surface area (Å²) in [6.07, 6.45) is 0. The van der Waals surface area contributed by atoms with E-state index >= 15 is 0 Å². The summed E-state index contributed by atoms with van der Waals surface area (Å²) < 4.78 is 6.68. The molecular weight excluding hydrogens is 721 g/mol. The van der Waals surface area contributed by atoms with Gasteiger partial charge in [0.1, 0.15) is 5.52 Å². The highest BCUT2D eigenvalue weighted by atomic mass is 16.3. The third-order valence-corrected chi connectivity index (χ3v) is 11.5. The van der Waals surface area contributed by atoms with Crippen molar-refractivity contribution < 1.29 is 4.42 Å². The number of rotatable bonds is 5. The molecule has 10 aromatic carbocycles. The smallest absolute Gasteiger partial charge is 0.227 e. The van der Waals surface area contributed by atoms with Gasteiger partial charge in [0.2, 0.25) is 5.89 Å². The van der Waals surface area contributed by atoms with Crippen molar-refractivity contribution in [2.75, 3.05) is 0 Å². The molecule has 0 N–H and O–H groups in total. The first-order chi connectivity index (χ1) is 29.2. The minimum absolute atomic E-state index is 0.596. The van der Waals surface area contributed by atoms with Gasteiger partial charge in [0.25, 0.3) is 0 Å². The van der Waals surface area contributed by atoms with Crippen molar-refractivity contribution in [1.29, 1.82) is 0 Å². The van der Waals surface area contributed by atoms with Gasteiger partial charge in [-0.05, 0) is 96.7 Å². The summed E-state index contributed by atoms with van der Waals surface area (Å²) in [5, 5.41) is 11.1. The third kappa shape index (κ3) is 5.63. The van der Waals surface area contributed by atoms with Crippen molar-refractivity contribution in [1.82, 2.24) is 19.9 Å². The van der Waals surface area contributed by atoms with E-state index in [1.807, 2.05) is 36.4 Å². The Morgan fingerprint density at radius 2 is 0.864 bits per heavy atom. The maximum absolute atomic E-state index is 6.68. The Balaban J connectivity index is 1.11. The number of oxazole rings is 1. The third-order valence-electron chi connectivity index (χ3n) is 11.5. The quantitative estimate of drug-likeness (QED) is 0.164. The van der Waals surface area contributed by atoms with Gasteiger partial charge in [-0.25, -0.2) is 19.9 Å². The van der Waals surface area contributed by atoms with E-state index in [1.54, 1.807) is 0 Å². The molecule has 59 heavy (non-hydrogen) atoms. The fourth-order valence-electron chi connectivity index (χ4n) is 8.56. The van der Waals surface area contributed by atoms with Crippen LogP contribution < -0.4 is 0 Å². The predicted octanol–water partition coefficient (Wildman–Crippen LogP) is 14.1. The Hall–Kier alpha value is -8.02. The number of aromatic nitrogens is 4. The summed E-state index contributed by atoms with van der Waals surface area (Å²) in [6, 6.07) is 67.7. The maximum atomic E-state index is 6.68. The van der Waals surface area contributed by atoms with Gasteiger partial charge >= 0.3 is 0 Å². The number of hydrogen-bond donors (Lipinski definition) is 0. The number of fused-ring (bicyclic) bond motifs is 9. The Morgan fingerprint density at radius 3 is 1.64 bits per heavy atom. The minimum atomic E-state index is 0.596. The standard InChI is InChI=1S/C54H32N4O/c1-2-13-36(14-3-1)54-55-47-28-26-35-25-27-45-46(32-41-17-8-9-20-44(41)49(45)48(35)50(47)59-54)53-57-51(56-52(58-53)43-24-22-34-12-5-7-16-38(34)30-43)42-19-10-18-39(31-42)40-23-21-33-11-4-6-15-37(33)29-40/h1-32H. The second kappa shape index (κ2) is 13.3. The Bertz CT molecular complexity index is 3630. The van der Waals surface area contributed by atoms with Crippen LogP contribution in [0.5, 0.6) is 0 Å². The summed E-state index contributed by atoms with van der Waals surface area (Å²) >= 11 is 0. The molecule has 0 saturated heterocycles. The summed E-state index contributed by atoms with van der Waals surface area (Å²) in [7, 11) is 0. The van der Waals surface area contributed by atoms with Crippen LogP contribution in [0.15, 0.2) is 199 Å². The molecule has 0 saturated carbocycles. The zero-order valence-corrected chi connectivity index (χ0v) is 31.7. The van der Waals surface area contributed by atoms with Crippen molar-refractivity contribution in [3.63, 3.8) is 0 Å². The number of nitrogens with zero attached hydrogens (tertiary/aromatic N) is 4. The first kappa shape index (κ1) is 33.2. The summed E-state index contributed by atoms with van der Waals surface area (Å²) in [5.74, 6) is 2.41. The second-order valence-corrected chi connectivity index (χ2v) is 15.0. The molecule has 0 radical (unpaired) electrons. The normalized spacial score (nSPS) is 11.7. The van der Waals surface area contributed by atoms with Crippen LogP contribution in [0.4, 0.5) is 0 Å². The van der Waals surface area contributed by atoms with Crippen LogP contribution in [0.25, 0.3) is 122 Å². The molecule has 0 aliphatic rings. The molecule has 12 aromatic rings. The fraction of sp³-hybridized carbons (Fsp3) is 0. The highest BCUT2D eigenvalue weighted by molar-refractivity contribution is 6.28. The Morgan fingerprint density at radius 1 is 0.305 bits per heavy atom. The molecule has 2 aromatic heterocycles. The molecule has 12 rings (SSSR count). The van der Waals surface area contributed by atoms with Crippen molar-refractivity contribution in [2.24, 2.45) is 0 Å². The lowest BCUT2D eigenvalue weighted by atomic mass is 9.92. The van der Waals surface area contributed by atoms with Crippen LogP contribution >= 0.6 is 0 Å². The first-order valence-corrected chi connectivity index (χ1v) is 19.8. The monoisotopic (exact) mass is 752 g/mol. The SMILES string of the molecule is c1ccc(-c2nc3ccc4ccc5c(-c6nc(-c7cccc(-c8ccc9ccccc9c8)c7)nc(-c7ccc8ccccc8c7)n6)cc6ccccc6c5c4c3o2)cc1. The van der Waals surface area contributed by atoms with Crippen LogP contribution in [0, 0.1) is 0 Å². The molecule has 0 atom stereocenters. The van der Waals surface area contributed by atoms with Gasteiger partial charge in [-0.15, -0.1) is 0 Å². The highest BCUT2D eigenvalue weighted by Gasteiger charge is 2.20. The van der Waals surface area contributed by atoms with E-state index in [2.05, 4.69) is 158 Å². The van der Waals surface area contributed by atoms with E-state index in [4.69, 9.17) is 24.4 Å². The van der Waals surface area contributed by atoms with Gasteiger partial charge in [-0.3, -0.25) is 0 Å². The van der Waals surface area contributed by atoms with Crippen LogP contribution in [0.2, 0.25) is 0 Å². The lowest BCUT2D eigenvalue weighted by Crippen LogP contribution is -2.01. The first-order valence-electron chi connectivity index (χ1n) is 19.8. The number of hydrogen-bond acceptors (Lipinski definition) is 5. The van der Waals surface area contributed by atoms with E-state index in [0.29, 0.717) is 23.4 Å².